The first kappa shape index (κ1) is 103. The van der Waals surface area contributed by atoms with E-state index in [0.29, 0.717) is 17.9 Å². The summed E-state index contributed by atoms with van der Waals surface area (Å²) >= 11 is 3.54. The highest BCUT2D eigenvalue weighted by Gasteiger charge is 2.26. The van der Waals surface area contributed by atoms with E-state index in [1.165, 1.54) is 71.8 Å². The van der Waals surface area contributed by atoms with E-state index in [2.05, 4.69) is 415 Å². The van der Waals surface area contributed by atoms with Crippen LogP contribution in [-0.4, -0.2) is 102 Å². The van der Waals surface area contributed by atoms with Gasteiger partial charge in [0.25, 0.3) is 34.9 Å². The van der Waals surface area contributed by atoms with Gasteiger partial charge in [0.05, 0.1) is 145 Å². The van der Waals surface area contributed by atoms with Crippen LogP contribution < -0.4 is 65.6 Å². The third-order valence-corrected chi connectivity index (χ3v) is 23.2. The van der Waals surface area contributed by atoms with Crippen molar-refractivity contribution in [3.63, 3.8) is 0 Å². The molecule has 0 unspecified atom stereocenters. The summed E-state index contributed by atoms with van der Waals surface area (Å²) < 4.78 is 35.3. The third kappa shape index (κ3) is 29.8. The zero-order chi connectivity index (χ0) is 92.5. The van der Waals surface area contributed by atoms with Crippen molar-refractivity contribution < 1.29 is 50.9 Å². The fraction of sp³-hybridized carbons (Fsp3) is 0.398. The average molecular weight is 1730 g/mol. The van der Waals surface area contributed by atoms with E-state index >= 15 is 0 Å². The first-order valence-electron chi connectivity index (χ1n) is 42.0. The summed E-state index contributed by atoms with van der Waals surface area (Å²) in [6.45, 7) is 25.5. The minimum atomic E-state index is 0.490. The molecule has 0 saturated carbocycles. The molecule has 24 nitrogen and oxygen atoms in total. The molecule has 15 rings (SSSR count). The van der Waals surface area contributed by atoms with Crippen LogP contribution in [0.1, 0.15) is 99.2 Å². The predicted octanol–water partition coefficient (Wildman–Crippen LogP) is 11.4. The van der Waals surface area contributed by atoms with Gasteiger partial charge in [-0.05, 0) is 146 Å². The maximum absolute atomic E-state index is 4.78. The lowest BCUT2D eigenvalue weighted by Crippen LogP contribution is -2.41. The van der Waals surface area contributed by atoms with Crippen molar-refractivity contribution in [2.24, 2.45) is 120 Å². The van der Waals surface area contributed by atoms with Crippen LogP contribution in [0, 0.1) is 41.5 Å². The minimum absolute atomic E-state index is 0.490. The molecular formula is C98H149N24S2+11. The van der Waals surface area contributed by atoms with Gasteiger partial charge >= 0.3 is 23.8 Å². The van der Waals surface area contributed by atoms with E-state index in [0.717, 1.165) is 46.1 Å². The molecule has 124 heavy (non-hydrogen) atoms. The minimum Gasteiger partial charge on any atom is -0.267 e. The Bertz CT molecular complexity index is 5580. The molecule has 662 valence electrons. The maximum atomic E-state index is 4.78. The lowest BCUT2D eigenvalue weighted by atomic mass is 10.2. The number of para-hydroxylation sites is 2. The van der Waals surface area contributed by atoms with Crippen molar-refractivity contribution in [2.45, 2.75) is 111 Å². The van der Waals surface area contributed by atoms with E-state index in [4.69, 9.17) is 4.98 Å². The molecule has 0 saturated heterocycles. The van der Waals surface area contributed by atoms with Crippen LogP contribution in [0.2, 0.25) is 0 Å². The zero-order valence-electron chi connectivity index (χ0n) is 81.7. The van der Waals surface area contributed by atoms with Gasteiger partial charge < -0.3 is 0 Å². The number of pyridine rings is 5. The van der Waals surface area contributed by atoms with Gasteiger partial charge in [-0.25, -0.2) is 13.7 Å². The first-order chi connectivity index (χ1) is 58.6. The van der Waals surface area contributed by atoms with Crippen molar-refractivity contribution in [3.05, 3.63) is 278 Å². The Morgan fingerprint density at radius 1 is 0.411 bits per heavy atom. The summed E-state index contributed by atoms with van der Waals surface area (Å²) in [5.41, 5.74) is 10.0. The second kappa shape index (κ2) is 50.1. The molecule has 0 radical (unpaired) electrons. The number of benzene rings is 4. The first-order valence-corrected chi connectivity index (χ1v) is 44.4. The van der Waals surface area contributed by atoms with E-state index in [1.54, 1.807) is 36.2 Å². The molecule has 15 aromatic rings. The molecule has 0 bridgehead atoms. The number of hydrogen-bond acceptors (Lipinski definition) is 9. The largest absolute Gasteiger partial charge is 0.351 e. The van der Waals surface area contributed by atoms with Gasteiger partial charge in [-0.1, -0.05) is 130 Å². The van der Waals surface area contributed by atoms with Crippen LogP contribution >= 0.6 is 23.5 Å². The number of aromatic nitrogens is 21. The van der Waals surface area contributed by atoms with Crippen molar-refractivity contribution in [1.82, 2.24) is 48.0 Å². The molecule has 11 aromatic heterocycles. The van der Waals surface area contributed by atoms with Crippen LogP contribution in [-0.2, 0) is 120 Å². The van der Waals surface area contributed by atoms with Crippen molar-refractivity contribution >= 4 is 62.8 Å². The molecule has 11 heterocycles. The number of fused-ring (bicyclic) bond motifs is 2. The zero-order valence-corrected chi connectivity index (χ0v) is 83.4. The number of rotatable bonds is 10. The second-order valence-corrected chi connectivity index (χ2v) is 33.7. The number of aryl methyl sites for hydroxylation is 15. The predicted molar refractivity (Wildman–Crippen MR) is 507 cm³/mol. The SMILES string of the molecule is CC(C)N(C)c1cccc[n+]1C.CC(C)c1nc(C(C)C)[n+](C)n1C.CN(C)c1cccc[n+]1C.CSc1cc(C)cc[n+]1C.CSc1ccc(C)c[n+]1C.Cc1c2ccccc2[n+](C)n1C.Cc1cccc(N(C)C)[n+]1C.Cc1nc(C)[n+](C)n1C.Cn1c(-c2ccccc2)nc(-c2ccccc2)[n+]1C.Cn1c2ccccc2c[n+]1C.Cn1cnc[n+]1C. The lowest BCUT2D eigenvalue weighted by Gasteiger charge is -2.16. The number of thioether (sulfide) groups is 2. The Hall–Kier alpha value is -11.8. The second-order valence-electron chi connectivity index (χ2n) is 32.1. The Morgan fingerprint density at radius 2 is 0.960 bits per heavy atom. The van der Waals surface area contributed by atoms with Crippen molar-refractivity contribution in [2.75, 3.05) is 62.4 Å². The van der Waals surface area contributed by atoms with Gasteiger partial charge in [0.15, 0.2) is 26.5 Å². The highest BCUT2D eigenvalue weighted by molar-refractivity contribution is 7.98. The van der Waals surface area contributed by atoms with Gasteiger partial charge in [0.1, 0.15) is 53.5 Å². The molecule has 4 aromatic carbocycles. The average Bonchev–Trinajstić information content (AvgIpc) is 1.46. The Morgan fingerprint density at radius 3 is 1.40 bits per heavy atom. The van der Waals surface area contributed by atoms with Crippen LogP contribution in [0.4, 0.5) is 17.5 Å². The third-order valence-electron chi connectivity index (χ3n) is 21.5. The van der Waals surface area contributed by atoms with E-state index in [1.807, 2.05) is 164 Å². The summed E-state index contributed by atoms with van der Waals surface area (Å²) in [6, 6.07) is 65.1. The molecule has 0 atom stereocenters. The maximum Gasteiger partial charge on any atom is 0.351 e. The Kier molecular flexibility index (Phi) is 41.5. The van der Waals surface area contributed by atoms with Crippen LogP contribution in [0.25, 0.3) is 44.6 Å². The Labute approximate surface area is 750 Å². The van der Waals surface area contributed by atoms with Gasteiger partial charge in [-0.2, -0.15) is 56.0 Å². The summed E-state index contributed by atoms with van der Waals surface area (Å²) in [4.78, 5) is 23.9. The number of anilines is 3. The van der Waals surface area contributed by atoms with Gasteiger partial charge in [0.2, 0.25) is 28.1 Å². The normalized spacial score (nSPS) is 10.4. The van der Waals surface area contributed by atoms with Crippen LogP contribution in [0.5, 0.6) is 0 Å². The summed E-state index contributed by atoms with van der Waals surface area (Å²) in [6.07, 6.45) is 18.1. The molecule has 0 aliphatic rings. The number of nitrogens with zero attached hydrogens (tertiary/aromatic N) is 24. The molecule has 0 amide bonds. The molecule has 0 fully saturated rings. The fourth-order valence-corrected chi connectivity index (χ4v) is 14.2. The monoisotopic (exact) mass is 1730 g/mol. The quantitative estimate of drug-likeness (QED) is 0.0969. The van der Waals surface area contributed by atoms with E-state index < -0.39 is 0 Å². The van der Waals surface area contributed by atoms with Crippen molar-refractivity contribution in [1.29, 1.82) is 0 Å². The molecule has 26 heteroatoms. The smallest absolute Gasteiger partial charge is 0.267 e. The number of hydrogen-bond donors (Lipinski definition) is 0. The highest BCUT2D eigenvalue weighted by Crippen LogP contribution is 2.21. The molecule has 0 spiro atoms. The van der Waals surface area contributed by atoms with E-state index in [-0.39, 0.29) is 0 Å². The topological polar surface area (TPSA) is 134 Å². The summed E-state index contributed by atoms with van der Waals surface area (Å²) in [5.74, 6) is 11.0. The van der Waals surface area contributed by atoms with Crippen LogP contribution in [0.15, 0.2) is 242 Å². The fourth-order valence-electron chi connectivity index (χ4n) is 13.0. The van der Waals surface area contributed by atoms with Gasteiger partial charge in [-0.3, -0.25) is 14.7 Å². The van der Waals surface area contributed by atoms with Crippen molar-refractivity contribution in [3.8, 4) is 22.8 Å². The molecule has 0 aliphatic carbocycles. The van der Waals surface area contributed by atoms with Gasteiger partial charge in [0, 0.05) is 73.4 Å². The van der Waals surface area contributed by atoms with E-state index in [9.17, 15) is 0 Å². The summed E-state index contributed by atoms with van der Waals surface area (Å²) in [5, 5.41) is 5.23. The van der Waals surface area contributed by atoms with Gasteiger partial charge in [-0.15, -0.1) is 9.36 Å². The van der Waals surface area contributed by atoms with Crippen LogP contribution in [0.3, 0.4) is 0 Å². The standard InChI is InChI=1S/C16H16N3.C10H20N3.C10H13N2.C10H17N2.C9H11N2.C9H15N2.C8H13N2.2C8H12NS.C6H12N3.C4H8N3/c1-18-15(13-9-5-3-6-10-13)17-16(19(18)2)14-11-7-4-8-12-14;1-7(2)9-11-10(8(3)4)13(6)12(9)5;1-8-9-6-4-5-7-10(9)12(3)11(8)2;1-9(2)12(4)10-7-5-6-8-11(10)3;1-10-7-8-5-3-4-6-9(8)11(10)2;1-8-6-5-7-9(10(2)3)11(8)4;1-9(2)8-6-4-5-7-10(8)3;1-7-4-5-9(2)8(6-7)10-3;1-7-4-5-8(10-3)9(2)6-7;1-5-7-6(2)9(4)8(5)3;1-6-3-5-4-7(6)2/h3-12H,1-2H3;7-8H,1-6H3;4-7H,1-3H3;5-9H,1-4H3;3-7H,1-2H3;5-7H,1-4H3;4-7H,1-3H3;2*4-6H,1-3H3;1-4H3;3-4H,1-2H3/q11*+1. The molecule has 0 N–H and O–H groups in total. The highest BCUT2D eigenvalue weighted by atomic mass is 32.2. The Balaban J connectivity index is 0.000000244. The molecular weight excluding hydrogens is 1580 g/mol. The summed E-state index contributed by atoms with van der Waals surface area (Å²) in [7, 11) is 44.9. The molecule has 0 aliphatic heterocycles. The lowest BCUT2D eigenvalue weighted by molar-refractivity contribution is -0.760.